The summed E-state index contributed by atoms with van der Waals surface area (Å²) in [5.41, 5.74) is -1.90. The maximum atomic E-state index is 10.5. The first-order valence-electron chi connectivity index (χ1n) is 10.5. The number of benzene rings is 2. The van der Waals surface area contributed by atoms with Gasteiger partial charge >= 0.3 is 0 Å². The topological polar surface area (TPSA) is 114 Å². The Morgan fingerprint density at radius 2 is 1.62 bits per heavy atom. The van der Waals surface area contributed by atoms with Crippen LogP contribution >= 0.6 is 15.9 Å². The van der Waals surface area contributed by atoms with Gasteiger partial charge < -0.3 is 9.47 Å². The minimum absolute atomic E-state index is 0.125. The number of halogens is 1. The van der Waals surface area contributed by atoms with Crippen LogP contribution in [0.5, 0.6) is 0 Å². The van der Waals surface area contributed by atoms with E-state index in [4.69, 9.17) is 14.9 Å². The molecule has 1 N–H and O–H groups in total. The Balaban J connectivity index is 1.68. The average Bonchev–Trinajstić information content (AvgIpc) is 3.03. The van der Waals surface area contributed by atoms with Gasteiger partial charge in [-0.05, 0) is 42.0 Å². The first-order chi connectivity index (χ1) is 15.5. The van der Waals surface area contributed by atoms with Crippen LogP contribution in [0, 0.1) is 56.2 Å². The van der Waals surface area contributed by atoms with Crippen molar-refractivity contribution < 1.29 is 9.47 Å². The van der Waals surface area contributed by atoms with Crippen LogP contribution in [-0.2, 0) is 9.47 Å². The summed E-state index contributed by atoms with van der Waals surface area (Å²) in [6.07, 6.45) is 0.716. The highest BCUT2D eigenvalue weighted by molar-refractivity contribution is 9.10. The van der Waals surface area contributed by atoms with Gasteiger partial charge in [-0.1, -0.05) is 58.4 Å². The zero-order valence-corrected chi connectivity index (χ0v) is 18.7. The Labute approximate surface area is 194 Å². The van der Waals surface area contributed by atoms with Crippen LogP contribution in [0.25, 0.3) is 0 Å². The molecule has 2 saturated heterocycles. The molecule has 158 valence electrons. The maximum absolute atomic E-state index is 10.5. The Kier molecular flexibility index (Phi) is 4.64. The van der Waals surface area contributed by atoms with Gasteiger partial charge in [0.15, 0.2) is 5.41 Å². The van der Waals surface area contributed by atoms with Gasteiger partial charge in [0, 0.05) is 10.9 Å². The van der Waals surface area contributed by atoms with Gasteiger partial charge in [-0.2, -0.15) is 15.8 Å². The standard InChI is InChI=1S/C25H19BrN4O2/c26-19-8-6-17(7-9-19)21-23(13-27,14-28)24(15-29)20-12-18(16-4-2-1-3-5-16)10-11-25(20,31-21)32-22(24)30/h1-9,18,20-21,30H,10-12H2. The Bertz CT molecular complexity index is 1200. The molecule has 1 saturated carbocycles. The van der Waals surface area contributed by atoms with Crippen LogP contribution in [0.1, 0.15) is 42.4 Å². The minimum Gasteiger partial charge on any atom is -0.447 e. The Hall–Kier alpha value is -3.18. The molecule has 2 aromatic carbocycles. The van der Waals surface area contributed by atoms with E-state index >= 15 is 0 Å². The van der Waals surface area contributed by atoms with E-state index in [9.17, 15) is 15.8 Å². The third-order valence-corrected chi connectivity index (χ3v) is 7.88. The molecular formula is C25H19BrN4O2. The highest BCUT2D eigenvalue weighted by atomic mass is 79.9. The van der Waals surface area contributed by atoms with Crippen LogP contribution in [0.15, 0.2) is 59.1 Å². The Morgan fingerprint density at radius 3 is 2.25 bits per heavy atom. The first kappa shape index (κ1) is 20.7. The SMILES string of the molecule is N#CC1(C#N)C(c2ccc(Br)cc2)OC23CCC(c4ccccc4)CC2C1(C#N)C(=N)O3. The highest BCUT2D eigenvalue weighted by Gasteiger charge is 2.81. The molecule has 3 aliphatic rings. The van der Waals surface area contributed by atoms with Crippen molar-refractivity contribution in [3.63, 3.8) is 0 Å². The van der Waals surface area contributed by atoms with Gasteiger partial charge in [0.2, 0.25) is 17.1 Å². The lowest BCUT2D eigenvalue weighted by atomic mass is 9.50. The van der Waals surface area contributed by atoms with Crippen LogP contribution in [0.4, 0.5) is 0 Å². The monoisotopic (exact) mass is 486 g/mol. The molecule has 7 heteroatoms. The fourth-order valence-corrected chi connectivity index (χ4v) is 6.07. The molecule has 0 amide bonds. The third kappa shape index (κ3) is 2.49. The summed E-state index contributed by atoms with van der Waals surface area (Å²) in [4.78, 5) is 0. The van der Waals surface area contributed by atoms with E-state index in [2.05, 4.69) is 34.1 Å². The molecule has 6 nitrogen and oxygen atoms in total. The molecule has 2 aliphatic heterocycles. The number of hydrogen-bond acceptors (Lipinski definition) is 6. The zero-order valence-electron chi connectivity index (χ0n) is 17.1. The van der Waals surface area contributed by atoms with Gasteiger partial charge in [0.05, 0.1) is 24.1 Å². The summed E-state index contributed by atoms with van der Waals surface area (Å²) < 4.78 is 13.4. The van der Waals surface area contributed by atoms with Crippen LogP contribution < -0.4 is 0 Å². The lowest BCUT2D eigenvalue weighted by Crippen LogP contribution is -2.60. The second-order valence-corrected chi connectivity index (χ2v) is 9.59. The molecule has 1 aliphatic carbocycles. The predicted molar refractivity (Wildman–Crippen MR) is 118 cm³/mol. The van der Waals surface area contributed by atoms with E-state index in [1.54, 1.807) is 24.3 Å². The van der Waals surface area contributed by atoms with Crippen LogP contribution in [0.2, 0.25) is 0 Å². The second-order valence-electron chi connectivity index (χ2n) is 8.68. The van der Waals surface area contributed by atoms with Crippen molar-refractivity contribution in [2.75, 3.05) is 0 Å². The molecule has 0 aromatic heterocycles. The number of hydrogen-bond donors (Lipinski definition) is 1. The van der Waals surface area contributed by atoms with E-state index in [0.29, 0.717) is 18.4 Å². The smallest absolute Gasteiger partial charge is 0.217 e. The Morgan fingerprint density at radius 1 is 0.938 bits per heavy atom. The van der Waals surface area contributed by atoms with Crippen molar-refractivity contribution in [1.82, 2.24) is 0 Å². The van der Waals surface area contributed by atoms with Gasteiger partial charge in [0.1, 0.15) is 6.10 Å². The quantitative estimate of drug-likeness (QED) is 0.613. The molecule has 32 heavy (non-hydrogen) atoms. The lowest BCUT2D eigenvalue weighted by Gasteiger charge is -2.52. The molecule has 2 bridgehead atoms. The second kappa shape index (κ2) is 7.17. The van der Waals surface area contributed by atoms with Crippen molar-refractivity contribution in [3.8, 4) is 18.2 Å². The van der Waals surface area contributed by atoms with E-state index in [1.807, 2.05) is 30.3 Å². The van der Waals surface area contributed by atoms with E-state index in [0.717, 1.165) is 16.5 Å². The lowest BCUT2D eigenvalue weighted by molar-refractivity contribution is -0.296. The number of ether oxygens (including phenoxy) is 2. The summed E-state index contributed by atoms with van der Waals surface area (Å²) in [7, 11) is 0. The largest absolute Gasteiger partial charge is 0.447 e. The van der Waals surface area contributed by atoms with Gasteiger partial charge in [-0.3, -0.25) is 5.41 Å². The van der Waals surface area contributed by atoms with E-state index < -0.39 is 28.6 Å². The molecule has 2 heterocycles. The third-order valence-electron chi connectivity index (χ3n) is 7.35. The normalized spacial score (nSPS) is 34.3. The fourth-order valence-electron chi connectivity index (χ4n) is 5.80. The van der Waals surface area contributed by atoms with Crippen molar-refractivity contribution in [1.29, 1.82) is 21.2 Å². The summed E-state index contributed by atoms with van der Waals surface area (Å²) in [5, 5.41) is 39.9. The zero-order chi connectivity index (χ0) is 22.6. The summed E-state index contributed by atoms with van der Waals surface area (Å²) in [6, 6.07) is 23.7. The number of nitriles is 3. The first-order valence-corrected chi connectivity index (χ1v) is 11.3. The minimum atomic E-state index is -1.92. The van der Waals surface area contributed by atoms with Crippen LogP contribution in [0.3, 0.4) is 0 Å². The van der Waals surface area contributed by atoms with Crippen molar-refractivity contribution in [2.45, 2.75) is 37.1 Å². The molecule has 2 aromatic rings. The molecule has 3 fully saturated rings. The van der Waals surface area contributed by atoms with Crippen LogP contribution in [-0.4, -0.2) is 11.7 Å². The molecule has 5 atom stereocenters. The summed E-state index contributed by atoms with van der Waals surface area (Å²) in [5.74, 6) is -2.01. The molecule has 5 unspecified atom stereocenters. The number of nitrogens with zero attached hydrogens (tertiary/aromatic N) is 3. The summed E-state index contributed by atoms with van der Waals surface area (Å²) >= 11 is 3.40. The number of rotatable bonds is 2. The van der Waals surface area contributed by atoms with Gasteiger partial charge in [0.25, 0.3) is 0 Å². The van der Waals surface area contributed by atoms with Gasteiger partial charge in [-0.25, -0.2) is 0 Å². The molecule has 5 rings (SSSR count). The van der Waals surface area contributed by atoms with Crippen molar-refractivity contribution >= 4 is 21.8 Å². The molecular weight excluding hydrogens is 468 g/mol. The molecule has 0 radical (unpaired) electrons. The fraction of sp³-hybridized carbons (Fsp3) is 0.360. The molecule has 0 spiro atoms. The van der Waals surface area contributed by atoms with Gasteiger partial charge in [-0.15, -0.1) is 0 Å². The van der Waals surface area contributed by atoms with Crippen molar-refractivity contribution in [3.05, 3.63) is 70.2 Å². The highest BCUT2D eigenvalue weighted by Crippen LogP contribution is 2.70. The van der Waals surface area contributed by atoms with Crippen molar-refractivity contribution in [2.24, 2.45) is 16.7 Å². The van der Waals surface area contributed by atoms with E-state index in [-0.39, 0.29) is 11.8 Å². The maximum Gasteiger partial charge on any atom is 0.217 e. The average molecular weight is 487 g/mol. The number of nitrogens with one attached hydrogen (secondary N) is 1. The summed E-state index contributed by atoms with van der Waals surface area (Å²) in [6.45, 7) is 0. The van der Waals surface area contributed by atoms with E-state index in [1.165, 1.54) is 0 Å². The predicted octanol–water partition coefficient (Wildman–Crippen LogP) is 5.35.